The fourth-order valence-electron chi connectivity index (χ4n) is 2.14. The van der Waals surface area contributed by atoms with Gasteiger partial charge in [0.05, 0.1) is 11.2 Å². The lowest BCUT2D eigenvalue weighted by Crippen LogP contribution is -2.27. The number of nitrogen functional groups attached to an aromatic ring is 1. The van der Waals surface area contributed by atoms with Crippen molar-refractivity contribution in [2.75, 3.05) is 12.3 Å². The van der Waals surface area contributed by atoms with Crippen LogP contribution in [0.25, 0.3) is 10.9 Å². The fraction of sp³-hybridized carbons (Fsp3) is 0.467. The molecular formula is C15H21N3O3. The number of aliphatic hydroxyl groups excluding tert-OH is 1. The molecule has 0 spiro atoms. The van der Waals surface area contributed by atoms with E-state index >= 15 is 0 Å². The van der Waals surface area contributed by atoms with Gasteiger partial charge in [0, 0.05) is 17.7 Å². The first kappa shape index (κ1) is 15.3. The molecule has 6 nitrogen and oxygen atoms in total. The molecule has 0 fully saturated rings. The van der Waals surface area contributed by atoms with E-state index in [2.05, 4.69) is 5.10 Å². The molecule has 0 unspecified atom stereocenters. The number of benzene rings is 1. The van der Waals surface area contributed by atoms with E-state index in [9.17, 15) is 4.79 Å². The molecule has 1 aromatic heterocycles. The molecule has 0 amide bonds. The zero-order chi connectivity index (χ0) is 15.6. The zero-order valence-corrected chi connectivity index (χ0v) is 12.6. The number of rotatable bonds is 3. The van der Waals surface area contributed by atoms with Crippen LogP contribution < -0.4 is 5.73 Å². The lowest BCUT2D eigenvalue weighted by molar-refractivity contribution is 0.0522. The Kier molecular flexibility index (Phi) is 4.18. The van der Waals surface area contributed by atoms with Gasteiger partial charge in [-0.25, -0.2) is 4.79 Å². The Bertz CT molecular complexity index is 656. The maximum absolute atomic E-state index is 12.3. The molecule has 0 saturated carbocycles. The number of nitrogens with two attached hydrogens (primary N) is 1. The van der Waals surface area contributed by atoms with Gasteiger partial charge in [0.25, 0.3) is 0 Å². The number of aromatic nitrogens is 2. The normalized spacial score (nSPS) is 11.8. The third kappa shape index (κ3) is 3.33. The SMILES string of the molecule is CC(C)(C)OC(=O)n1nc(CCCO)c2c(N)cccc21. The topological polar surface area (TPSA) is 90.4 Å². The van der Waals surface area contributed by atoms with Gasteiger partial charge in [-0.05, 0) is 45.7 Å². The van der Waals surface area contributed by atoms with E-state index in [4.69, 9.17) is 15.6 Å². The molecule has 0 aliphatic carbocycles. The summed E-state index contributed by atoms with van der Waals surface area (Å²) in [7, 11) is 0. The molecule has 6 heteroatoms. The van der Waals surface area contributed by atoms with E-state index in [0.29, 0.717) is 29.7 Å². The van der Waals surface area contributed by atoms with Crippen LogP contribution in [0.4, 0.5) is 10.5 Å². The van der Waals surface area contributed by atoms with Crippen LogP contribution in [0, 0.1) is 0 Å². The highest BCUT2D eigenvalue weighted by Crippen LogP contribution is 2.26. The van der Waals surface area contributed by atoms with Gasteiger partial charge in [-0.3, -0.25) is 0 Å². The van der Waals surface area contributed by atoms with Gasteiger partial charge in [0.2, 0.25) is 0 Å². The van der Waals surface area contributed by atoms with E-state index in [1.807, 2.05) is 0 Å². The zero-order valence-electron chi connectivity index (χ0n) is 12.6. The van der Waals surface area contributed by atoms with Crippen LogP contribution in [0.1, 0.15) is 32.9 Å². The van der Waals surface area contributed by atoms with Crippen LogP contribution in [-0.4, -0.2) is 33.2 Å². The Morgan fingerprint density at radius 2 is 2.14 bits per heavy atom. The summed E-state index contributed by atoms with van der Waals surface area (Å²) in [5, 5.41) is 14.1. The quantitative estimate of drug-likeness (QED) is 0.847. The van der Waals surface area contributed by atoms with Gasteiger partial charge in [0.15, 0.2) is 0 Å². The number of hydrogen-bond acceptors (Lipinski definition) is 5. The first-order valence-corrected chi connectivity index (χ1v) is 6.94. The fourth-order valence-corrected chi connectivity index (χ4v) is 2.14. The maximum Gasteiger partial charge on any atom is 0.435 e. The molecule has 3 N–H and O–H groups in total. The molecule has 0 radical (unpaired) electrons. The predicted molar refractivity (Wildman–Crippen MR) is 81.2 cm³/mol. The van der Waals surface area contributed by atoms with Gasteiger partial charge in [-0.2, -0.15) is 9.78 Å². The molecule has 0 aliphatic rings. The highest BCUT2D eigenvalue weighted by molar-refractivity contribution is 5.97. The molecular weight excluding hydrogens is 270 g/mol. The minimum atomic E-state index is -0.596. The molecule has 114 valence electrons. The van der Waals surface area contributed by atoms with E-state index in [1.54, 1.807) is 39.0 Å². The maximum atomic E-state index is 12.3. The molecule has 2 aromatic rings. The summed E-state index contributed by atoms with van der Waals surface area (Å²) in [4.78, 5) is 12.3. The highest BCUT2D eigenvalue weighted by Gasteiger charge is 2.22. The van der Waals surface area contributed by atoms with Gasteiger partial charge in [-0.15, -0.1) is 0 Å². The van der Waals surface area contributed by atoms with Crippen LogP contribution in [0.15, 0.2) is 18.2 Å². The number of hydrogen-bond donors (Lipinski definition) is 2. The molecule has 2 rings (SSSR count). The first-order chi connectivity index (χ1) is 9.83. The highest BCUT2D eigenvalue weighted by atomic mass is 16.6. The van der Waals surface area contributed by atoms with Crippen molar-refractivity contribution < 1.29 is 14.6 Å². The minimum Gasteiger partial charge on any atom is -0.442 e. The average Bonchev–Trinajstić information content (AvgIpc) is 2.74. The van der Waals surface area contributed by atoms with Crippen LogP contribution in [-0.2, 0) is 11.2 Å². The Hall–Kier alpha value is -2.08. The Balaban J connectivity index is 2.49. The minimum absolute atomic E-state index is 0.0630. The second kappa shape index (κ2) is 5.73. The van der Waals surface area contributed by atoms with Crippen molar-refractivity contribution in [1.82, 2.24) is 9.78 Å². The summed E-state index contributed by atoms with van der Waals surface area (Å²) in [5.74, 6) is 0. The van der Waals surface area contributed by atoms with Crippen molar-refractivity contribution in [3.63, 3.8) is 0 Å². The third-order valence-electron chi connectivity index (χ3n) is 2.95. The Labute approximate surface area is 123 Å². The van der Waals surface area contributed by atoms with E-state index in [1.165, 1.54) is 4.68 Å². The Morgan fingerprint density at radius 3 is 2.76 bits per heavy atom. The van der Waals surface area contributed by atoms with Crippen molar-refractivity contribution in [1.29, 1.82) is 0 Å². The van der Waals surface area contributed by atoms with Crippen molar-refractivity contribution >= 4 is 22.7 Å². The van der Waals surface area contributed by atoms with Gasteiger partial charge >= 0.3 is 6.09 Å². The molecule has 21 heavy (non-hydrogen) atoms. The number of fused-ring (bicyclic) bond motifs is 1. The molecule has 1 aromatic carbocycles. The molecule has 0 bridgehead atoms. The summed E-state index contributed by atoms with van der Waals surface area (Å²) in [6.07, 6.45) is 0.583. The van der Waals surface area contributed by atoms with Gasteiger partial charge < -0.3 is 15.6 Å². The number of aliphatic hydroxyl groups is 1. The van der Waals surface area contributed by atoms with E-state index in [0.717, 1.165) is 5.39 Å². The second-order valence-electron chi connectivity index (χ2n) is 5.91. The average molecular weight is 291 g/mol. The molecule has 0 saturated heterocycles. The standard InChI is InChI=1S/C15H21N3O3/c1-15(2,3)21-14(20)18-12-8-4-6-10(16)13(12)11(17-18)7-5-9-19/h4,6,8,19H,5,7,9,16H2,1-3H3. The third-order valence-corrected chi connectivity index (χ3v) is 2.95. The lowest BCUT2D eigenvalue weighted by atomic mass is 10.1. The summed E-state index contributed by atoms with van der Waals surface area (Å²) in [6, 6.07) is 5.33. The molecule has 0 atom stereocenters. The van der Waals surface area contributed by atoms with Gasteiger partial charge in [-0.1, -0.05) is 6.07 Å². The molecule has 0 aliphatic heterocycles. The Morgan fingerprint density at radius 1 is 1.43 bits per heavy atom. The number of aryl methyl sites for hydroxylation is 1. The first-order valence-electron chi connectivity index (χ1n) is 6.94. The summed E-state index contributed by atoms with van der Waals surface area (Å²) >= 11 is 0. The van der Waals surface area contributed by atoms with Crippen molar-refractivity contribution in [3.8, 4) is 0 Å². The van der Waals surface area contributed by atoms with Gasteiger partial charge in [0.1, 0.15) is 5.60 Å². The molecule has 1 heterocycles. The number of carbonyl (C=O) groups excluding carboxylic acids is 1. The largest absolute Gasteiger partial charge is 0.442 e. The predicted octanol–water partition coefficient (Wildman–Crippen LogP) is 2.33. The van der Waals surface area contributed by atoms with Crippen LogP contribution >= 0.6 is 0 Å². The smallest absolute Gasteiger partial charge is 0.435 e. The summed E-state index contributed by atoms with van der Waals surface area (Å²) < 4.78 is 6.60. The second-order valence-corrected chi connectivity index (χ2v) is 5.91. The monoisotopic (exact) mass is 291 g/mol. The number of ether oxygens (including phenoxy) is 1. The summed E-state index contributed by atoms with van der Waals surface area (Å²) in [6.45, 7) is 5.47. The van der Waals surface area contributed by atoms with Crippen molar-refractivity contribution in [3.05, 3.63) is 23.9 Å². The van der Waals surface area contributed by atoms with E-state index in [-0.39, 0.29) is 6.61 Å². The van der Waals surface area contributed by atoms with Crippen molar-refractivity contribution in [2.45, 2.75) is 39.2 Å². The van der Waals surface area contributed by atoms with E-state index < -0.39 is 11.7 Å². The lowest BCUT2D eigenvalue weighted by Gasteiger charge is -2.19. The van der Waals surface area contributed by atoms with Crippen LogP contribution in [0.5, 0.6) is 0 Å². The summed E-state index contributed by atoms with van der Waals surface area (Å²) in [5.41, 5.74) is 7.29. The number of carbonyl (C=O) groups is 1. The van der Waals surface area contributed by atoms with Crippen molar-refractivity contribution in [2.24, 2.45) is 0 Å². The van der Waals surface area contributed by atoms with Crippen LogP contribution in [0.3, 0.4) is 0 Å². The number of nitrogens with zero attached hydrogens (tertiary/aromatic N) is 2. The number of anilines is 1. The van der Waals surface area contributed by atoms with Crippen LogP contribution in [0.2, 0.25) is 0 Å².